The lowest BCUT2D eigenvalue weighted by Crippen LogP contribution is -2.41. The van der Waals surface area contributed by atoms with E-state index in [0.717, 1.165) is 24.0 Å². The molecule has 1 aromatic carbocycles. The van der Waals surface area contributed by atoms with Crippen LogP contribution in [0.3, 0.4) is 0 Å². The molecule has 2 heterocycles. The Bertz CT molecular complexity index is 775. The third kappa shape index (κ3) is 4.18. The molecule has 25 heavy (non-hydrogen) atoms. The van der Waals surface area contributed by atoms with Crippen molar-refractivity contribution in [2.45, 2.75) is 51.6 Å². The van der Waals surface area contributed by atoms with E-state index in [4.69, 9.17) is 0 Å². The summed E-state index contributed by atoms with van der Waals surface area (Å²) >= 11 is 0. The Morgan fingerprint density at radius 2 is 2.00 bits per heavy atom. The second kappa shape index (κ2) is 6.86. The van der Waals surface area contributed by atoms with E-state index in [1.54, 1.807) is 0 Å². The van der Waals surface area contributed by atoms with Crippen molar-refractivity contribution in [2.75, 3.05) is 13.1 Å². The summed E-state index contributed by atoms with van der Waals surface area (Å²) in [5.41, 5.74) is 1.82. The van der Waals surface area contributed by atoms with E-state index in [1.165, 1.54) is 0 Å². The molecule has 1 atom stereocenters. The highest BCUT2D eigenvalue weighted by Gasteiger charge is 2.28. The van der Waals surface area contributed by atoms with Crippen molar-refractivity contribution in [2.24, 2.45) is 0 Å². The zero-order valence-electron chi connectivity index (χ0n) is 15.2. The number of benzene rings is 1. The Labute approximate surface area is 148 Å². The smallest absolute Gasteiger partial charge is 0.223 e. The molecule has 0 unspecified atom stereocenters. The molecular weight excluding hydrogens is 316 g/mol. The second-order valence-corrected chi connectivity index (χ2v) is 7.72. The highest BCUT2D eigenvalue weighted by Crippen LogP contribution is 2.26. The molecular formula is C19H26N4O2. The fraction of sp³-hybridized carbons (Fsp3) is 0.526. The number of para-hydroxylation sites is 2. The largest absolute Gasteiger partial charge is 0.351 e. The van der Waals surface area contributed by atoms with Gasteiger partial charge in [-0.1, -0.05) is 12.1 Å². The first-order chi connectivity index (χ1) is 11.8. The summed E-state index contributed by atoms with van der Waals surface area (Å²) < 4.78 is 2.16. The molecule has 1 aromatic heterocycles. The normalized spacial score (nSPS) is 17.9. The summed E-state index contributed by atoms with van der Waals surface area (Å²) in [7, 11) is 0. The molecule has 2 amide bonds. The van der Waals surface area contributed by atoms with Crippen molar-refractivity contribution >= 4 is 22.8 Å². The molecule has 1 saturated heterocycles. The van der Waals surface area contributed by atoms with Gasteiger partial charge in [0.25, 0.3) is 0 Å². The predicted molar refractivity (Wildman–Crippen MR) is 97.1 cm³/mol. The highest BCUT2D eigenvalue weighted by atomic mass is 16.2. The molecule has 2 aromatic rings. The molecule has 6 nitrogen and oxygen atoms in total. The van der Waals surface area contributed by atoms with E-state index in [0.29, 0.717) is 6.54 Å². The van der Waals surface area contributed by atoms with E-state index in [2.05, 4.69) is 20.9 Å². The summed E-state index contributed by atoms with van der Waals surface area (Å²) in [5, 5.41) is 2.89. The van der Waals surface area contributed by atoms with Gasteiger partial charge < -0.3 is 14.8 Å². The lowest BCUT2D eigenvalue weighted by molar-refractivity contribution is -0.133. The van der Waals surface area contributed by atoms with Crippen molar-refractivity contribution in [1.82, 2.24) is 19.8 Å². The molecule has 0 aliphatic carbocycles. The topological polar surface area (TPSA) is 67.2 Å². The van der Waals surface area contributed by atoms with Crippen LogP contribution in [0.2, 0.25) is 0 Å². The Balaban J connectivity index is 1.56. The van der Waals surface area contributed by atoms with Crippen molar-refractivity contribution in [3.05, 3.63) is 30.6 Å². The molecule has 1 aliphatic rings. The Morgan fingerprint density at radius 1 is 1.24 bits per heavy atom. The molecule has 1 aliphatic heterocycles. The van der Waals surface area contributed by atoms with Crippen LogP contribution >= 0.6 is 0 Å². The molecule has 1 fully saturated rings. The zero-order valence-corrected chi connectivity index (χ0v) is 15.2. The molecule has 6 heteroatoms. The van der Waals surface area contributed by atoms with Gasteiger partial charge in [0, 0.05) is 31.5 Å². The maximum absolute atomic E-state index is 12.4. The number of amides is 2. The summed E-state index contributed by atoms with van der Waals surface area (Å²) in [4.78, 5) is 30.6. The van der Waals surface area contributed by atoms with Gasteiger partial charge in [0.1, 0.15) is 0 Å². The first-order valence-electron chi connectivity index (χ1n) is 8.84. The van der Waals surface area contributed by atoms with Crippen LogP contribution in [0.1, 0.15) is 46.1 Å². The third-order valence-electron chi connectivity index (χ3n) is 4.47. The van der Waals surface area contributed by atoms with E-state index >= 15 is 0 Å². The maximum Gasteiger partial charge on any atom is 0.223 e. The van der Waals surface area contributed by atoms with Gasteiger partial charge in [-0.2, -0.15) is 0 Å². The van der Waals surface area contributed by atoms with E-state index in [-0.39, 0.29) is 36.2 Å². The number of nitrogens with zero attached hydrogens (tertiary/aromatic N) is 3. The van der Waals surface area contributed by atoms with Crippen molar-refractivity contribution < 1.29 is 9.59 Å². The van der Waals surface area contributed by atoms with Gasteiger partial charge in [-0.05, 0) is 39.3 Å². The number of nitrogens with one attached hydrogen (secondary N) is 1. The van der Waals surface area contributed by atoms with Gasteiger partial charge in [0.05, 0.1) is 23.4 Å². The molecule has 3 rings (SSSR count). The van der Waals surface area contributed by atoms with Crippen LogP contribution in [0.15, 0.2) is 30.6 Å². The van der Waals surface area contributed by atoms with Gasteiger partial charge in [0.15, 0.2) is 0 Å². The average Bonchev–Trinajstić information content (AvgIpc) is 3.17. The van der Waals surface area contributed by atoms with Gasteiger partial charge in [0.2, 0.25) is 11.8 Å². The Morgan fingerprint density at radius 3 is 2.76 bits per heavy atom. The summed E-state index contributed by atoms with van der Waals surface area (Å²) in [6.45, 7) is 7.23. The number of rotatable bonds is 4. The number of hydrogen-bond donors (Lipinski definition) is 1. The van der Waals surface area contributed by atoms with Crippen molar-refractivity contribution in [1.29, 1.82) is 0 Å². The Hall–Kier alpha value is -2.37. The summed E-state index contributed by atoms with van der Waals surface area (Å²) in [6, 6.07) is 8.29. The minimum absolute atomic E-state index is 0.0518. The molecule has 0 radical (unpaired) electrons. The molecule has 0 bridgehead atoms. The van der Waals surface area contributed by atoms with Crippen LogP contribution in [0.5, 0.6) is 0 Å². The summed E-state index contributed by atoms with van der Waals surface area (Å²) in [5.74, 6) is -0.0202. The number of hydrogen-bond acceptors (Lipinski definition) is 3. The van der Waals surface area contributed by atoms with E-state index in [1.807, 2.05) is 50.2 Å². The van der Waals surface area contributed by atoms with Gasteiger partial charge >= 0.3 is 0 Å². The lowest BCUT2D eigenvalue weighted by atomic mass is 10.1. The molecule has 1 N–H and O–H groups in total. The minimum Gasteiger partial charge on any atom is -0.351 e. The first kappa shape index (κ1) is 17.5. The SMILES string of the molecule is CC(C)(C)NC(=O)CCC(=O)N1CC[C@@H](n2cnc3ccccc32)C1. The standard InChI is InChI=1S/C19H26N4O2/c1-19(2,3)21-17(24)8-9-18(25)22-11-10-14(12-22)23-13-20-15-6-4-5-7-16(15)23/h4-7,13-14H,8-12H2,1-3H3,(H,21,24)/t14-/m1/s1. The monoisotopic (exact) mass is 342 g/mol. The van der Waals surface area contributed by atoms with Gasteiger partial charge in [-0.3, -0.25) is 9.59 Å². The lowest BCUT2D eigenvalue weighted by Gasteiger charge is -2.21. The average molecular weight is 342 g/mol. The Kier molecular flexibility index (Phi) is 4.79. The van der Waals surface area contributed by atoms with Crippen LogP contribution in [0.25, 0.3) is 11.0 Å². The number of aromatic nitrogens is 2. The summed E-state index contributed by atoms with van der Waals surface area (Å²) in [6.07, 6.45) is 3.28. The number of fused-ring (bicyclic) bond motifs is 1. The van der Waals surface area contributed by atoms with Crippen LogP contribution in [0.4, 0.5) is 0 Å². The fourth-order valence-corrected chi connectivity index (χ4v) is 3.32. The third-order valence-corrected chi connectivity index (χ3v) is 4.47. The quantitative estimate of drug-likeness (QED) is 0.928. The number of carbonyl (C=O) groups excluding carboxylic acids is 2. The highest BCUT2D eigenvalue weighted by molar-refractivity contribution is 5.84. The predicted octanol–water partition coefficient (Wildman–Crippen LogP) is 2.50. The van der Waals surface area contributed by atoms with E-state index in [9.17, 15) is 9.59 Å². The van der Waals surface area contributed by atoms with Crippen molar-refractivity contribution in [3.63, 3.8) is 0 Å². The van der Waals surface area contributed by atoms with Crippen LogP contribution < -0.4 is 5.32 Å². The fourth-order valence-electron chi connectivity index (χ4n) is 3.32. The molecule has 0 spiro atoms. The second-order valence-electron chi connectivity index (χ2n) is 7.72. The molecule has 134 valence electrons. The number of likely N-dealkylation sites (tertiary alicyclic amines) is 1. The number of imidazole rings is 1. The maximum atomic E-state index is 12.4. The van der Waals surface area contributed by atoms with Crippen LogP contribution in [-0.4, -0.2) is 44.9 Å². The number of carbonyl (C=O) groups is 2. The van der Waals surface area contributed by atoms with Gasteiger partial charge in [-0.25, -0.2) is 4.98 Å². The van der Waals surface area contributed by atoms with E-state index < -0.39 is 0 Å². The first-order valence-corrected chi connectivity index (χ1v) is 8.84. The van der Waals surface area contributed by atoms with Crippen LogP contribution in [-0.2, 0) is 9.59 Å². The van der Waals surface area contributed by atoms with Crippen molar-refractivity contribution in [3.8, 4) is 0 Å². The van der Waals surface area contributed by atoms with Crippen LogP contribution in [0, 0.1) is 0 Å². The minimum atomic E-state index is -0.263. The molecule has 0 saturated carbocycles. The zero-order chi connectivity index (χ0) is 18.0. The van der Waals surface area contributed by atoms with Gasteiger partial charge in [-0.15, -0.1) is 0 Å².